The summed E-state index contributed by atoms with van der Waals surface area (Å²) in [5.41, 5.74) is 4.79. The van der Waals surface area contributed by atoms with E-state index in [1.807, 2.05) is 0 Å². The lowest BCUT2D eigenvalue weighted by molar-refractivity contribution is -0.121. The third kappa shape index (κ3) is 5.24. The Bertz CT molecular complexity index is 997. The molecule has 3 rings (SSSR count). The molecule has 1 amide bonds. The number of carbonyl (C=O) groups is 1. The molecule has 0 saturated carbocycles. The molecule has 7 nitrogen and oxygen atoms in total. The van der Waals surface area contributed by atoms with Crippen LogP contribution in [-0.4, -0.2) is 45.4 Å². The highest BCUT2D eigenvalue weighted by atomic mass is 35.5. The summed E-state index contributed by atoms with van der Waals surface area (Å²) in [7, 11) is -2.21. The summed E-state index contributed by atoms with van der Waals surface area (Å²) in [5.74, 6) is 0.639. The van der Waals surface area contributed by atoms with Gasteiger partial charge in [0.15, 0.2) is 0 Å². The van der Waals surface area contributed by atoms with Crippen molar-refractivity contribution in [2.24, 2.45) is 11.1 Å². The zero-order valence-corrected chi connectivity index (χ0v) is 18.3. The summed E-state index contributed by atoms with van der Waals surface area (Å²) in [6.45, 7) is 0.668. The maximum Gasteiger partial charge on any atom is 0.243 e. The highest BCUT2D eigenvalue weighted by molar-refractivity contribution is 7.89. The first-order chi connectivity index (χ1) is 14.2. The Morgan fingerprint density at radius 2 is 1.93 bits per heavy atom. The van der Waals surface area contributed by atoms with Crippen LogP contribution in [0.15, 0.2) is 53.4 Å². The third-order valence-electron chi connectivity index (χ3n) is 5.21. The zero-order valence-electron chi connectivity index (χ0n) is 16.7. The topological polar surface area (TPSA) is 98.9 Å². The van der Waals surface area contributed by atoms with Gasteiger partial charge >= 0.3 is 0 Å². The second-order valence-corrected chi connectivity index (χ2v) is 9.88. The van der Waals surface area contributed by atoms with Gasteiger partial charge in [-0.3, -0.25) is 4.79 Å². The highest BCUT2D eigenvalue weighted by Gasteiger charge is 2.42. The number of hydrogen-bond donors (Lipinski definition) is 1. The quantitative estimate of drug-likeness (QED) is 0.663. The maximum atomic E-state index is 13.2. The molecule has 30 heavy (non-hydrogen) atoms. The van der Waals surface area contributed by atoms with Crippen LogP contribution >= 0.6 is 11.6 Å². The SMILES string of the molecule is COc1ccc(S(=O)(=O)N2CCCC(COc3cccc(Cl)c3)(CC(N)=O)C2)cc1. The lowest BCUT2D eigenvalue weighted by atomic mass is 9.78. The van der Waals surface area contributed by atoms with Crippen molar-refractivity contribution in [2.75, 3.05) is 26.8 Å². The van der Waals surface area contributed by atoms with Gasteiger partial charge in [0.05, 0.1) is 18.6 Å². The summed E-state index contributed by atoms with van der Waals surface area (Å²) in [6.07, 6.45) is 1.26. The lowest BCUT2D eigenvalue weighted by Gasteiger charge is -2.41. The molecule has 1 aliphatic heterocycles. The molecule has 1 saturated heterocycles. The predicted molar refractivity (Wildman–Crippen MR) is 114 cm³/mol. The number of amides is 1. The predicted octanol–water partition coefficient (Wildman–Crippen LogP) is 3.07. The number of hydrogen-bond acceptors (Lipinski definition) is 5. The molecule has 0 radical (unpaired) electrons. The van der Waals surface area contributed by atoms with Crippen LogP contribution in [0, 0.1) is 5.41 Å². The maximum absolute atomic E-state index is 13.2. The molecule has 1 aliphatic rings. The molecule has 0 bridgehead atoms. The van der Waals surface area contributed by atoms with Crippen molar-refractivity contribution in [3.63, 3.8) is 0 Å². The fourth-order valence-corrected chi connectivity index (χ4v) is 5.51. The van der Waals surface area contributed by atoms with Gasteiger partial charge in [-0.05, 0) is 55.3 Å². The van der Waals surface area contributed by atoms with Crippen LogP contribution in [-0.2, 0) is 14.8 Å². The van der Waals surface area contributed by atoms with E-state index in [2.05, 4.69) is 0 Å². The van der Waals surface area contributed by atoms with Crippen molar-refractivity contribution in [1.29, 1.82) is 0 Å². The third-order valence-corrected chi connectivity index (χ3v) is 7.31. The smallest absolute Gasteiger partial charge is 0.243 e. The summed E-state index contributed by atoms with van der Waals surface area (Å²) in [4.78, 5) is 12.0. The number of benzene rings is 2. The van der Waals surface area contributed by atoms with Crippen LogP contribution in [0.5, 0.6) is 11.5 Å². The molecular formula is C21H25ClN2O5S. The Kier molecular flexibility index (Phi) is 6.90. The fourth-order valence-electron chi connectivity index (χ4n) is 3.74. The lowest BCUT2D eigenvalue weighted by Crippen LogP contribution is -2.50. The van der Waals surface area contributed by atoms with E-state index >= 15 is 0 Å². The number of rotatable bonds is 8. The fraction of sp³-hybridized carbons (Fsp3) is 0.381. The van der Waals surface area contributed by atoms with E-state index < -0.39 is 21.3 Å². The van der Waals surface area contributed by atoms with E-state index in [4.69, 9.17) is 26.8 Å². The van der Waals surface area contributed by atoms with E-state index in [1.165, 1.54) is 23.5 Å². The minimum absolute atomic E-state index is 0.0300. The highest BCUT2D eigenvalue weighted by Crippen LogP contribution is 2.37. The van der Waals surface area contributed by atoms with Crippen molar-refractivity contribution < 1.29 is 22.7 Å². The minimum Gasteiger partial charge on any atom is -0.497 e. The number of nitrogens with zero attached hydrogens (tertiary/aromatic N) is 1. The Balaban J connectivity index is 1.82. The van der Waals surface area contributed by atoms with Gasteiger partial charge in [-0.1, -0.05) is 17.7 Å². The van der Waals surface area contributed by atoms with Gasteiger partial charge < -0.3 is 15.2 Å². The van der Waals surface area contributed by atoms with Crippen molar-refractivity contribution in [2.45, 2.75) is 24.2 Å². The van der Waals surface area contributed by atoms with Gasteiger partial charge in [0, 0.05) is 29.9 Å². The Hall–Kier alpha value is -2.29. The van der Waals surface area contributed by atoms with Gasteiger partial charge in [-0.25, -0.2) is 8.42 Å². The molecule has 9 heteroatoms. The van der Waals surface area contributed by atoms with Gasteiger partial charge in [0.1, 0.15) is 11.5 Å². The first kappa shape index (κ1) is 22.4. The van der Waals surface area contributed by atoms with Crippen LogP contribution < -0.4 is 15.2 Å². The standard InChI is InChI=1S/C21H25ClN2O5S/c1-28-17-6-8-19(9-7-17)30(26,27)24-11-3-10-21(14-24,13-20(23)25)15-29-18-5-2-4-16(22)12-18/h2,4-9,12H,3,10-11,13-15H2,1H3,(H2,23,25). The molecule has 1 fully saturated rings. The number of halogens is 1. The molecule has 0 aliphatic carbocycles. The normalized spacial score (nSPS) is 19.9. The van der Waals surface area contributed by atoms with Crippen molar-refractivity contribution in [3.8, 4) is 11.5 Å². The molecular weight excluding hydrogens is 428 g/mol. The van der Waals surface area contributed by atoms with Gasteiger partial charge in [0.25, 0.3) is 0 Å². The first-order valence-electron chi connectivity index (χ1n) is 9.55. The van der Waals surface area contributed by atoms with E-state index in [0.717, 1.165) is 0 Å². The van der Waals surface area contributed by atoms with Crippen molar-refractivity contribution >= 4 is 27.5 Å². The second-order valence-electron chi connectivity index (χ2n) is 7.51. The summed E-state index contributed by atoms with van der Waals surface area (Å²) in [5, 5.41) is 0.531. The summed E-state index contributed by atoms with van der Waals surface area (Å²) in [6, 6.07) is 13.2. The zero-order chi connectivity index (χ0) is 21.8. The molecule has 2 aromatic rings. The Morgan fingerprint density at radius 1 is 1.20 bits per heavy atom. The molecule has 1 atom stereocenters. The number of piperidine rings is 1. The number of primary amides is 1. The van der Waals surface area contributed by atoms with Crippen molar-refractivity contribution in [1.82, 2.24) is 4.31 Å². The van der Waals surface area contributed by atoms with Crippen LogP contribution in [0.1, 0.15) is 19.3 Å². The number of methoxy groups -OCH3 is 1. The number of ether oxygens (including phenoxy) is 2. The molecule has 0 aromatic heterocycles. The first-order valence-corrected chi connectivity index (χ1v) is 11.4. The summed E-state index contributed by atoms with van der Waals surface area (Å²) >= 11 is 6.01. The van der Waals surface area contributed by atoms with Gasteiger partial charge in [0.2, 0.25) is 15.9 Å². The molecule has 0 spiro atoms. The molecule has 1 heterocycles. The van der Waals surface area contributed by atoms with Crippen molar-refractivity contribution in [3.05, 3.63) is 53.6 Å². The van der Waals surface area contributed by atoms with E-state index in [0.29, 0.717) is 35.9 Å². The summed E-state index contributed by atoms with van der Waals surface area (Å²) < 4.78 is 38.8. The van der Waals surface area contributed by atoms with E-state index in [-0.39, 0.29) is 24.5 Å². The van der Waals surface area contributed by atoms with Gasteiger partial charge in [-0.2, -0.15) is 4.31 Å². The number of carbonyl (C=O) groups excluding carboxylic acids is 1. The largest absolute Gasteiger partial charge is 0.497 e. The monoisotopic (exact) mass is 452 g/mol. The van der Waals surface area contributed by atoms with Crippen LogP contribution in [0.3, 0.4) is 0 Å². The van der Waals surface area contributed by atoms with E-state index in [9.17, 15) is 13.2 Å². The second kappa shape index (κ2) is 9.24. The van der Waals surface area contributed by atoms with Crippen LogP contribution in [0.2, 0.25) is 5.02 Å². The number of nitrogens with two attached hydrogens (primary N) is 1. The Morgan fingerprint density at radius 3 is 2.57 bits per heavy atom. The van der Waals surface area contributed by atoms with Crippen LogP contribution in [0.4, 0.5) is 0 Å². The number of sulfonamides is 1. The van der Waals surface area contributed by atoms with E-state index in [1.54, 1.807) is 36.4 Å². The minimum atomic E-state index is -3.73. The molecule has 2 aromatic carbocycles. The Labute approximate surface area is 181 Å². The average Bonchev–Trinajstić information content (AvgIpc) is 2.72. The van der Waals surface area contributed by atoms with Crippen LogP contribution in [0.25, 0.3) is 0 Å². The molecule has 162 valence electrons. The molecule has 1 unspecified atom stereocenters. The molecule has 2 N–H and O–H groups in total. The van der Waals surface area contributed by atoms with Gasteiger partial charge in [-0.15, -0.1) is 0 Å². The average molecular weight is 453 g/mol.